The van der Waals surface area contributed by atoms with E-state index in [1.54, 1.807) is 0 Å². The SMILES string of the molecule is CCC(N)CC(=O)NCCCN. The lowest BCUT2D eigenvalue weighted by Gasteiger charge is -2.08. The molecule has 0 bridgehead atoms. The van der Waals surface area contributed by atoms with Crippen LogP contribution >= 0.6 is 0 Å². The monoisotopic (exact) mass is 173 g/mol. The molecule has 0 aromatic heterocycles. The third-order valence-corrected chi connectivity index (χ3v) is 1.68. The predicted octanol–water partition coefficient (Wildman–Crippen LogP) is -0.421. The Balaban J connectivity index is 3.33. The molecule has 0 aliphatic heterocycles. The van der Waals surface area contributed by atoms with Gasteiger partial charge in [0.15, 0.2) is 0 Å². The summed E-state index contributed by atoms with van der Waals surface area (Å²) in [5, 5.41) is 2.75. The largest absolute Gasteiger partial charge is 0.356 e. The molecule has 1 atom stereocenters. The molecule has 4 heteroatoms. The van der Waals surface area contributed by atoms with E-state index in [2.05, 4.69) is 5.32 Å². The van der Waals surface area contributed by atoms with E-state index in [1.807, 2.05) is 6.92 Å². The van der Waals surface area contributed by atoms with Crippen molar-refractivity contribution in [3.63, 3.8) is 0 Å². The smallest absolute Gasteiger partial charge is 0.221 e. The summed E-state index contributed by atoms with van der Waals surface area (Å²) in [6.45, 7) is 3.24. The summed E-state index contributed by atoms with van der Waals surface area (Å²) in [4.78, 5) is 11.1. The van der Waals surface area contributed by atoms with Gasteiger partial charge in [-0.2, -0.15) is 0 Å². The Morgan fingerprint density at radius 3 is 2.75 bits per heavy atom. The molecule has 12 heavy (non-hydrogen) atoms. The maximum absolute atomic E-state index is 11.1. The van der Waals surface area contributed by atoms with E-state index in [9.17, 15) is 4.79 Å². The van der Waals surface area contributed by atoms with Gasteiger partial charge in [0, 0.05) is 19.0 Å². The maximum Gasteiger partial charge on any atom is 0.221 e. The Labute approximate surface area is 73.7 Å². The van der Waals surface area contributed by atoms with Crippen LogP contribution in [0.5, 0.6) is 0 Å². The van der Waals surface area contributed by atoms with Gasteiger partial charge in [-0.05, 0) is 19.4 Å². The molecular formula is C8H19N3O. The van der Waals surface area contributed by atoms with Gasteiger partial charge >= 0.3 is 0 Å². The third kappa shape index (κ3) is 6.12. The minimum Gasteiger partial charge on any atom is -0.356 e. The average molecular weight is 173 g/mol. The van der Waals surface area contributed by atoms with Crippen molar-refractivity contribution < 1.29 is 4.79 Å². The van der Waals surface area contributed by atoms with Crippen molar-refractivity contribution in [3.05, 3.63) is 0 Å². The Kier molecular flexibility index (Phi) is 6.70. The highest BCUT2D eigenvalue weighted by Gasteiger charge is 2.05. The zero-order valence-corrected chi connectivity index (χ0v) is 7.68. The van der Waals surface area contributed by atoms with Crippen LogP contribution in [0.2, 0.25) is 0 Å². The fourth-order valence-electron chi connectivity index (χ4n) is 0.785. The molecule has 4 nitrogen and oxygen atoms in total. The van der Waals surface area contributed by atoms with Crippen molar-refractivity contribution >= 4 is 5.91 Å². The minimum atomic E-state index is -0.0112. The fraction of sp³-hybridized carbons (Fsp3) is 0.875. The molecule has 0 spiro atoms. The molecule has 0 heterocycles. The summed E-state index contributed by atoms with van der Waals surface area (Å²) in [6, 6.07) is -0.0112. The molecule has 0 aromatic rings. The van der Waals surface area contributed by atoms with Crippen LogP contribution < -0.4 is 16.8 Å². The lowest BCUT2D eigenvalue weighted by Crippen LogP contribution is -2.32. The highest BCUT2D eigenvalue weighted by atomic mass is 16.1. The van der Waals surface area contributed by atoms with Crippen LogP contribution in [0.15, 0.2) is 0 Å². The third-order valence-electron chi connectivity index (χ3n) is 1.68. The summed E-state index contributed by atoms with van der Waals surface area (Å²) >= 11 is 0. The molecule has 0 fully saturated rings. The quantitative estimate of drug-likeness (QED) is 0.477. The van der Waals surface area contributed by atoms with Crippen LogP contribution in [-0.2, 0) is 4.79 Å². The van der Waals surface area contributed by atoms with Crippen LogP contribution in [0.3, 0.4) is 0 Å². The van der Waals surface area contributed by atoms with Crippen molar-refractivity contribution in [2.24, 2.45) is 11.5 Å². The van der Waals surface area contributed by atoms with Gasteiger partial charge in [-0.25, -0.2) is 0 Å². The summed E-state index contributed by atoms with van der Waals surface area (Å²) in [5.74, 6) is 0.0257. The Bertz CT molecular complexity index is 127. The summed E-state index contributed by atoms with van der Waals surface area (Å²) in [6.07, 6.45) is 2.08. The summed E-state index contributed by atoms with van der Waals surface area (Å²) < 4.78 is 0. The first kappa shape index (κ1) is 11.4. The van der Waals surface area contributed by atoms with Crippen LogP contribution in [0.4, 0.5) is 0 Å². The number of nitrogens with two attached hydrogens (primary N) is 2. The van der Waals surface area contributed by atoms with E-state index < -0.39 is 0 Å². The molecular weight excluding hydrogens is 154 g/mol. The highest BCUT2D eigenvalue weighted by Crippen LogP contribution is 1.92. The average Bonchev–Trinajstić information content (AvgIpc) is 2.05. The van der Waals surface area contributed by atoms with Gasteiger partial charge in [-0.1, -0.05) is 6.92 Å². The Morgan fingerprint density at radius 1 is 1.58 bits per heavy atom. The van der Waals surface area contributed by atoms with Crippen molar-refractivity contribution in [1.82, 2.24) is 5.32 Å². The molecule has 0 radical (unpaired) electrons. The predicted molar refractivity (Wildman–Crippen MR) is 49.6 cm³/mol. The zero-order valence-electron chi connectivity index (χ0n) is 7.68. The molecule has 0 saturated heterocycles. The van der Waals surface area contributed by atoms with E-state index >= 15 is 0 Å². The number of rotatable bonds is 6. The first-order chi connectivity index (χ1) is 5.70. The number of amides is 1. The second kappa shape index (κ2) is 7.06. The van der Waals surface area contributed by atoms with Crippen molar-refractivity contribution in [2.45, 2.75) is 32.2 Å². The Hall–Kier alpha value is -0.610. The first-order valence-electron chi connectivity index (χ1n) is 4.43. The lowest BCUT2D eigenvalue weighted by molar-refractivity contribution is -0.121. The number of hydrogen-bond acceptors (Lipinski definition) is 3. The number of carbonyl (C=O) groups excluding carboxylic acids is 1. The molecule has 0 aliphatic carbocycles. The van der Waals surface area contributed by atoms with Crippen LogP contribution in [0.25, 0.3) is 0 Å². The van der Waals surface area contributed by atoms with Crippen molar-refractivity contribution in [1.29, 1.82) is 0 Å². The Morgan fingerprint density at radius 2 is 2.25 bits per heavy atom. The second-order valence-corrected chi connectivity index (χ2v) is 2.86. The van der Waals surface area contributed by atoms with E-state index in [4.69, 9.17) is 11.5 Å². The van der Waals surface area contributed by atoms with Crippen LogP contribution in [-0.4, -0.2) is 25.0 Å². The standard InChI is InChI=1S/C8H19N3O/c1-2-7(10)6-8(12)11-5-3-4-9/h7H,2-6,9-10H2,1H3,(H,11,12). The van der Waals surface area contributed by atoms with Gasteiger partial charge in [0.2, 0.25) is 5.91 Å². The van der Waals surface area contributed by atoms with Gasteiger partial charge in [0.1, 0.15) is 0 Å². The minimum absolute atomic E-state index is 0.0112. The number of carbonyl (C=O) groups is 1. The van der Waals surface area contributed by atoms with E-state index in [-0.39, 0.29) is 11.9 Å². The number of hydrogen-bond donors (Lipinski definition) is 3. The second-order valence-electron chi connectivity index (χ2n) is 2.86. The molecule has 0 saturated carbocycles. The van der Waals surface area contributed by atoms with Crippen molar-refractivity contribution in [3.8, 4) is 0 Å². The van der Waals surface area contributed by atoms with Gasteiger partial charge in [-0.15, -0.1) is 0 Å². The van der Waals surface area contributed by atoms with Gasteiger partial charge < -0.3 is 16.8 Å². The van der Waals surface area contributed by atoms with Crippen molar-refractivity contribution in [2.75, 3.05) is 13.1 Å². The lowest BCUT2D eigenvalue weighted by atomic mass is 10.1. The zero-order chi connectivity index (χ0) is 9.40. The van der Waals surface area contributed by atoms with E-state index in [1.165, 1.54) is 0 Å². The molecule has 1 amide bonds. The highest BCUT2D eigenvalue weighted by molar-refractivity contribution is 5.76. The van der Waals surface area contributed by atoms with E-state index in [0.29, 0.717) is 19.5 Å². The summed E-state index contributed by atoms with van der Waals surface area (Å²) in [5.41, 5.74) is 10.9. The topological polar surface area (TPSA) is 81.1 Å². The molecule has 0 rings (SSSR count). The van der Waals surface area contributed by atoms with Gasteiger partial charge in [0.25, 0.3) is 0 Å². The molecule has 72 valence electrons. The van der Waals surface area contributed by atoms with Gasteiger partial charge in [0.05, 0.1) is 0 Å². The van der Waals surface area contributed by atoms with Crippen LogP contribution in [0.1, 0.15) is 26.2 Å². The first-order valence-corrected chi connectivity index (χ1v) is 4.43. The molecule has 0 aliphatic rings. The van der Waals surface area contributed by atoms with Crippen LogP contribution in [0, 0.1) is 0 Å². The van der Waals surface area contributed by atoms with Gasteiger partial charge in [-0.3, -0.25) is 4.79 Å². The molecule has 5 N–H and O–H groups in total. The number of nitrogens with one attached hydrogen (secondary N) is 1. The van der Waals surface area contributed by atoms with E-state index in [0.717, 1.165) is 12.8 Å². The molecule has 0 aromatic carbocycles. The summed E-state index contributed by atoms with van der Waals surface area (Å²) in [7, 11) is 0. The normalized spacial score (nSPS) is 12.6. The fourth-order valence-corrected chi connectivity index (χ4v) is 0.785. The maximum atomic E-state index is 11.1. The molecule has 1 unspecified atom stereocenters.